The first-order valence-electron chi connectivity index (χ1n) is 7.13. The van der Waals surface area contributed by atoms with E-state index in [-0.39, 0.29) is 11.9 Å². The van der Waals surface area contributed by atoms with Crippen LogP contribution in [0.1, 0.15) is 27.6 Å². The molecule has 0 aliphatic carbocycles. The number of thiophene rings is 2. The number of halogens is 1. The Balaban J connectivity index is 1.86. The lowest BCUT2D eigenvalue weighted by atomic mass is 10.1. The number of fused-ring (bicyclic) bond motifs is 1. The minimum Gasteiger partial charge on any atom is -0.312 e. The van der Waals surface area contributed by atoms with Gasteiger partial charge in [-0.05, 0) is 55.3 Å². The zero-order valence-electron chi connectivity index (χ0n) is 12.2. The van der Waals surface area contributed by atoms with E-state index in [0.29, 0.717) is 0 Å². The standard InChI is InChI=1S/C17H18FNS2/c1-3-13-5-6-14(20-13)10-15(19-2)17-9-11-8-12(18)4-7-16(11)21-17/h4-9,15,19H,3,10H2,1-2H3. The molecule has 1 atom stereocenters. The van der Waals surface area contributed by atoms with Gasteiger partial charge in [0.05, 0.1) is 0 Å². The summed E-state index contributed by atoms with van der Waals surface area (Å²) >= 11 is 3.63. The first-order valence-corrected chi connectivity index (χ1v) is 8.76. The normalized spacial score (nSPS) is 12.9. The highest BCUT2D eigenvalue weighted by Gasteiger charge is 2.15. The molecular formula is C17H18FNS2. The van der Waals surface area contributed by atoms with Crippen molar-refractivity contribution in [3.05, 3.63) is 56.8 Å². The number of aryl methyl sites for hydroxylation is 1. The predicted molar refractivity (Wildman–Crippen MR) is 91.0 cm³/mol. The van der Waals surface area contributed by atoms with Crippen LogP contribution in [0.4, 0.5) is 4.39 Å². The molecule has 0 spiro atoms. The minimum absolute atomic E-state index is 0.168. The van der Waals surface area contributed by atoms with Gasteiger partial charge >= 0.3 is 0 Å². The average Bonchev–Trinajstić information content (AvgIpc) is 3.10. The van der Waals surface area contributed by atoms with Gasteiger partial charge in [-0.3, -0.25) is 0 Å². The molecule has 0 fully saturated rings. The van der Waals surface area contributed by atoms with E-state index >= 15 is 0 Å². The molecule has 110 valence electrons. The highest BCUT2D eigenvalue weighted by molar-refractivity contribution is 7.19. The van der Waals surface area contributed by atoms with Gasteiger partial charge in [-0.2, -0.15) is 0 Å². The second-order valence-electron chi connectivity index (χ2n) is 5.10. The summed E-state index contributed by atoms with van der Waals surface area (Å²) in [7, 11) is 1.99. The van der Waals surface area contributed by atoms with Crippen molar-refractivity contribution in [3.8, 4) is 0 Å². The van der Waals surface area contributed by atoms with Crippen molar-refractivity contribution < 1.29 is 4.39 Å². The van der Waals surface area contributed by atoms with E-state index in [9.17, 15) is 4.39 Å². The van der Waals surface area contributed by atoms with E-state index in [2.05, 4.69) is 30.4 Å². The van der Waals surface area contributed by atoms with Gasteiger partial charge in [0.15, 0.2) is 0 Å². The average molecular weight is 319 g/mol. The molecule has 4 heteroatoms. The molecule has 0 saturated heterocycles. The second-order valence-corrected chi connectivity index (χ2v) is 7.47. The van der Waals surface area contributed by atoms with Crippen molar-refractivity contribution in [2.75, 3.05) is 7.05 Å². The Hall–Kier alpha value is -1.23. The lowest BCUT2D eigenvalue weighted by Gasteiger charge is -2.13. The van der Waals surface area contributed by atoms with Crippen LogP contribution in [0, 0.1) is 5.82 Å². The molecule has 0 amide bonds. The van der Waals surface area contributed by atoms with Crippen LogP contribution in [-0.2, 0) is 12.8 Å². The molecule has 1 aromatic carbocycles. The van der Waals surface area contributed by atoms with E-state index in [1.807, 2.05) is 24.5 Å². The SMILES string of the molecule is CCc1ccc(CC(NC)c2cc3cc(F)ccc3s2)s1. The molecule has 1 unspecified atom stereocenters. The Morgan fingerprint density at radius 2 is 1.90 bits per heavy atom. The molecule has 2 aromatic heterocycles. The number of benzene rings is 1. The van der Waals surface area contributed by atoms with Crippen LogP contribution in [0.2, 0.25) is 0 Å². The van der Waals surface area contributed by atoms with Crippen molar-refractivity contribution in [1.29, 1.82) is 0 Å². The van der Waals surface area contributed by atoms with Crippen molar-refractivity contribution in [3.63, 3.8) is 0 Å². The lowest BCUT2D eigenvalue weighted by Crippen LogP contribution is -2.17. The molecule has 21 heavy (non-hydrogen) atoms. The fourth-order valence-electron chi connectivity index (χ4n) is 2.47. The van der Waals surface area contributed by atoms with Crippen LogP contribution in [0.5, 0.6) is 0 Å². The van der Waals surface area contributed by atoms with E-state index in [4.69, 9.17) is 0 Å². The third-order valence-corrected chi connectivity index (χ3v) is 6.14. The predicted octanol–water partition coefficient (Wildman–Crippen LogP) is 5.17. The maximum Gasteiger partial charge on any atom is 0.123 e. The first-order chi connectivity index (χ1) is 10.2. The monoisotopic (exact) mass is 319 g/mol. The molecule has 1 nitrogen and oxygen atoms in total. The molecular weight excluding hydrogens is 301 g/mol. The Labute approximate surface area is 132 Å². The third-order valence-electron chi connectivity index (χ3n) is 3.66. The van der Waals surface area contributed by atoms with E-state index in [1.54, 1.807) is 17.4 Å². The van der Waals surface area contributed by atoms with Crippen molar-refractivity contribution in [2.24, 2.45) is 0 Å². The summed E-state index contributed by atoms with van der Waals surface area (Å²) in [6, 6.07) is 11.8. The maximum atomic E-state index is 13.3. The van der Waals surface area contributed by atoms with Gasteiger partial charge < -0.3 is 5.32 Å². The smallest absolute Gasteiger partial charge is 0.123 e. The zero-order valence-corrected chi connectivity index (χ0v) is 13.8. The van der Waals surface area contributed by atoms with Gasteiger partial charge in [0, 0.05) is 31.8 Å². The quantitative estimate of drug-likeness (QED) is 0.684. The number of hydrogen-bond donors (Lipinski definition) is 1. The van der Waals surface area contributed by atoms with E-state index in [1.165, 1.54) is 20.7 Å². The molecule has 0 aliphatic heterocycles. The first kappa shape index (κ1) is 14.7. The number of nitrogens with one attached hydrogen (secondary N) is 1. The van der Waals surface area contributed by atoms with E-state index < -0.39 is 0 Å². The van der Waals surface area contributed by atoms with Crippen LogP contribution in [-0.4, -0.2) is 7.05 Å². The van der Waals surface area contributed by atoms with Gasteiger partial charge in [-0.1, -0.05) is 6.92 Å². The summed E-state index contributed by atoms with van der Waals surface area (Å²) in [5.41, 5.74) is 0. The fraction of sp³-hybridized carbons (Fsp3) is 0.294. The molecule has 1 N–H and O–H groups in total. The van der Waals surface area contributed by atoms with Crippen LogP contribution in [0.25, 0.3) is 10.1 Å². The Morgan fingerprint density at radius 3 is 2.62 bits per heavy atom. The van der Waals surface area contributed by atoms with Gasteiger partial charge in [0.2, 0.25) is 0 Å². The van der Waals surface area contributed by atoms with Crippen LogP contribution in [0.3, 0.4) is 0 Å². The summed E-state index contributed by atoms with van der Waals surface area (Å²) in [5, 5.41) is 4.39. The van der Waals surface area contributed by atoms with Crippen molar-refractivity contribution in [2.45, 2.75) is 25.8 Å². The molecule has 0 aliphatic rings. The zero-order chi connectivity index (χ0) is 14.8. The summed E-state index contributed by atoms with van der Waals surface area (Å²) in [4.78, 5) is 4.10. The van der Waals surface area contributed by atoms with Crippen LogP contribution >= 0.6 is 22.7 Å². The Morgan fingerprint density at radius 1 is 1.10 bits per heavy atom. The molecule has 3 aromatic rings. The topological polar surface area (TPSA) is 12.0 Å². The maximum absolute atomic E-state index is 13.3. The highest BCUT2D eigenvalue weighted by atomic mass is 32.1. The fourth-order valence-corrected chi connectivity index (χ4v) is 4.63. The van der Waals surface area contributed by atoms with Gasteiger partial charge in [0.25, 0.3) is 0 Å². The highest BCUT2D eigenvalue weighted by Crippen LogP contribution is 2.33. The summed E-state index contributed by atoms with van der Waals surface area (Å²) in [6.07, 6.45) is 2.08. The summed E-state index contributed by atoms with van der Waals surface area (Å²) < 4.78 is 14.5. The van der Waals surface area contributed by atoms with Gasteiger partial charge in [-0.25, -0.2) is 4.39 Å². The number of hydrogen-bond acceptors (Lipinski definition) is 3. The van der Waals surface area contributed by atoms with Crippen molar-refractivity contribution in [1.82, 2.24) is 5.32 Å². The van der Waals surface area contributed by atoms with Gasteiger partial charge in [0.1, 0.15) is 5.82 Å². The van der Waals surface area contributed by atoms with E-state index in [0.717, 1.165) is 22.9 Å². The third kappa shape index (κ3) is 3.18. The molecule has 0 saturated carbocycles. The molecule has 3 rings (SSSR count). The largest absolute Gasteiger partial charge is 0.312 e. The Kier molecular flexibility index (Phi) is 4.38. The van der Waals surface area contributed by atoms with Gasteiger partial charge in [-0.15, -0.1) is 22.7 Å². The minimum atomic E-state index is -0.168. The van der Waals surface area contributed by atoms with Crippen LogP contribution in [0.15, 0.2) is 36.4 Å². The molecule has 0 bridgehead atoms. The number of likely N-dealkylation sites (N-methyl/N-ethyl adjacent to an activating group) is 1. The summed E-state index contributed by atoms with van der Waals surface area (Å²) in [6.45, 7) is 2.19. The van der Waals surface area contributed by atoms with Crippen LogP contribution < -0.4 is 5.32 Å². The van der Waals surface area contributed by atoms with Crippen molar-refractivity contribution >= 4 is 32.8 Å². The Bertz CT molecular complexity index is 744. The second kappa shape index (κ2) is 6.26. The molecule has 0 radical (unpaired) electrons. The number of rotatable bonds is 5. The lowest BCUT2D eigenvalue weighted by molar-refractivity contribution is 0.607. The summed E-state index contributed by atoms with van der Waals surface area (Å²) in [5.74, 6) is -0.168. The molecule has 2 heterocycles.